The number of amides is 1. The van der Waals surface area contributed by atoms with E-state index in [0.29, 0.717) is 12.8 Å². The quantitative estimate of drug-likeness (QED) is 0.737. The summed E-state index contributed by atoms with van der Waals surface area (Å²) in [7, 11) is -3.79. The van der Waals surface area contributed by atoms with Gasteiger partial charge in [0.15, 0.2) is 0 Å². The number of rotatable bonds is 5. The lowest BCUT2D eigenvalue weighted by Gasteiger charge is -2.29. The summed E-state index contributed by atoms with van der Waals surface area (Å²) in [5.74, 6) is -0.883. The van der Waals surface area contributed by atoms with Crippen LogP contribution in [0.2, 0.25) is 0 Å². The zero-order chi connectivity index (χ0) is 16.4. The van der Waals surface area contributed by atoms with Gasteiger partial charge in [0, 0.05) is 13.0 Å². The third-order valence-corrected chi connectivity index (χ3v) is 4.45. The summed E-state index contributed by atoms with van der Waals surface area (Å²) in [6.45, 7) is 7.06. The van der Waals surface area contributed by atoms with E-state index in [1.807, 2.05) is 6.92 Å². The highest BCUT2D eigenvalue weighted by atomic mass is 32.2. The third kappa shape index (κ3) is 4.96. The van der Waals surface area contributed by atoms with Crippen LogP contribution in [-0.2, 0) is 24.3 Å². The number of primary sulfonamides is 1. The largest absolute Gasteiger partial charge is 0.458 e. The average Bonchev–Trinajstić information content (AvgIpc) is 2.65. The van der Waals surface area contributed by atoms with Gasteiger partial charge in [0.25, 0.3) is 0 Å². The Bertz CT molecular complexity index is 509. The van der Waals surface area contributed by atoms with E-state index in [9.17, 15) is 18.0 Å². The number of hydrogen-bond acceptors (Lipinski definition) is 5. The average molecular weight is 320 g/mol. The Kier molecular flexibility index (Phi) is 5.38. The molecule has 2 unspecified atom stereocenters. The number of esters is 1. The van der Waals surface area contributed by atoms with E-state index >= 15 is 0 Å². The molecule has 7 nitrogen and oxygen atoms in total. The SMILES string of the molecule is CCCC(C(=O)OC(C)(C)C)N1CC(S(N)(=O)=O)CC1=O. The fourth-order valence-corrected chi connectivity index (χ4v) is 3.01. The van der Waals surface area contributed by atoms with Crippen molar-refractivity contribution >= 4 is 21.9 Å². The lowest BCUT2D eigenvalue weighted by Crippen LogP contribution is -2.46. The van der Waals surface area contributed by atoms with Crippen molar-refractivity contribution in [3.63, 3.8) is 0 Å². The van der Waals surface area contributed by atoms with Crippen molar-refractivity contribution in [3.05, 3.63) is 0 Å². The highest BCUT2D eigenvalue weighted by Gasteiger charge is 2.42. The summed E-state index contributed by atoms with van der Waals surface area (Å²) >= 11 is 0. The predicted molar refractivity (Wildman–Crippen MR) is 77.8 cm³/mol. The van der Waals surface area contributed by atoms with Gasteiger partial charge < -0.3 is 9.64 Å². The van der Waals surface area contributed by atoms with Gasteiger partial charge in [-0.05, 0) is 27.2 Å². The maximum atomic E-state index is 12.2. The van der Waals surface area contributed by atoms with Gasteiger partial charge in [-0.15, -0.1) is 0 Å². The van der Waals surface area contributed by atoms with Gasteiger partial charge in [-0.25, -0.2) is 18.4 Å². The Morgan fingerprint density at radius 3 is 2.43 bits per heavy atom. The van der Waals surface area contributed by atoms with Crippen LogP contribution in [0.4, 0.5) is 0 Å². The van der Waals surface area contributed by atoms with E-state index in [0.717, 1.165) is 0 Å². The van der Waals surface area contributed by atoms with Crippen molar-refractivity contribution in [1.82, 2.24) is 4.90 Å². The van der Waals surface area contributed by atoms with Crippen molar-refractivity contribution in [2.24, 2.45) is 5.14 Å². The fraction of sp³-hybridized carbons (Fsp3) is 0.846. The molecule has 2 N–H and O–H groups in total. The second-order valence-electron chi connectivity index (χ2n) is 6.30. The first-order valence-electron chi connectivity index (χ1n) is 6.99. The summed E-state index contributed by atoms with van der Waals surface area (Å²) in [6.07, 6.45) is 0.924. The molecule has 0 radical (unpaired) electrons. The molecule has 21 heavy (non-hydrogen) atoms. The molecule has 1 aliphatic rings. The van der Waals surface area contributed by atoms with Gasteiger partial charge in [0.05, 0.1) is 0 Å². The Morgan fingerprint density at radius 1 is 1.48 bits per heavy atom. The van der Waals surface area contributed by atoms with Gasteiger partial charge in [-0.1, -0.05) is 13.3 Å². The third-order valence-electron chi connectivity index (χ3n) is 3.20. The summed E-state index contributed by atoms with van der Waals surface area (Å²) in [5, 5.41) is 4.14. The van der Waals surface area contributed by atoms with Crippen LogP contribution in [0.5, 0.6) is 0 Å². The molecular formula is C13H24N2O5S. The Labute approximate surface area is 125 Å². The van der Waals surface area contributed by atoms with E-state index in [1.54, 1.807) is 20.8 Å². The Balaban J connectivity index is 2.91. The van der Waals surface area contributed by atoms with E-state index in [4.69, 9.17) is 9.88 Å². The van der Waals surface area contributed by atoms with Crippen LogP contribution in [0.3, 0.4) is 0 Å². The first-order valence-corrected chi connectivity index (χ1v) is 8.60. The zero-order valence-electron chi connectivity index (χ0n) is 13.0. The van der Waals surface area contributed by atoms with Crippen LogP contribution >= 0.6 is 0 Å². The van der Waals surface area contributed by atoms with Crippen LogP contribution in [0.1, 0.15) is 47.0 Å². The first kappa shape index (κ1) is 17.9. The molecule has 0 aromatic rings. The number of ether oxygens (including phenoxy) is 1. The van der Waals surface area contributed by atoms with Gasteiger partial charge in [0.2, 0.25) is 15.9 Å². The molecule has 1 amide bonds. The molecule has 0 aliphatic carbocycles. The monoisotopic (exact) mass is 320 g/mol. The number of nitrogens with two attached hydrogens (primary N) is 1. The maximum absolute atomic E-state index is 12.2. The molecule has 2 atom stereocenters. The highest BCUT2D eigenvalue weighted by molar-refractivity contribution is 7.89. The van der Waals surface area contributed by atoms with Gasteiger partial charge in [-0.2, -0.15) is 0 Å². The maximum Gasteiger partial charge on any atom is 0.329 e. The molecule has 1 saturated heterocycles. The summed E-state index contributed by atoms with van der Waals surface area (Å²) < 4.78 is 28.1. The second-order valence-corrected chi connectivity index (χ2v) is 8.14. The first-order chi connectivity index (χ1) is 9.45. The van der Waals surface area contributed by atoms with Crippen molar-refractivity contribution in [2.75, 3.05) is 6.54 Å². The number of likely N-dealkylation sites (tertiary alicyclic amines) is 1. The van der Waals surface area contributed by atoms with Crippen LogP contribution in [0.15, 0.2) is 0 Å². The number of hydrogen-bond donors (Lipinski definition) is 1. The molecule has 0 bridgehead atoms. The van der Waals surface area contributed by atoms with E-state index in [1.165, 1.54) is 4.90 Å². The molecule has 0 spiro atoms. The number of sulfonamides is 1. The Hall–Kier alpha value is -1.15. The molecule has 0 saturated carbocycles. The minimum atomic E-state index is -3.79. The summed E-state index contributed by atoms with van der Waals surface area (Å²) in [6, 6.07) is -0.756. The van der Waals surface area contributed by atoms with Crippen LogP contribution in [-0.4, -0.2) is 48.6 Å². The van der Waals surface area contributed by atoms with E-state index < -0.39 is 32.9 Å². The Morgan fingerprint density at radius 2 is 2.05 bits per heavy atom. The normalized spacial score (nSPS) is 21.5. The van der Waals surface area contributed by atoms with Gasteiger partial charge >= 0.3 is 5.97 Å². The number of carbonyl (C=O) groups is 2. The lowest BCUT2D eigenvalue weighted by molar-refractivity contribution is -0.164. The molecule has 1 fully saturated rings. The molecule has 1 aliphatic heterocycles. The summed E-state index contributed by atoms with van der Waals surface area (Å²) in [5.41, 5.74) is -0.662. The van der Waals surface area contributed by atoms with Crippen molar-refractivity contribution in [3.8, 4) is 0 Å². The van der Waals surface area contributed by atoms with Crippen molar-refractivity contribution in [2.45, 2.75) is 63.9 Å². The number of nitrogens with zero attached hydrogens (tertiary/aromatic N) is 1. The topological polar surface area (TPSA) is 107 Å². The molecule has 122 valence electrons. The van der Waals surface area contributed by atoms with Gasteiger partial charge in [0.1, 0.15) is 16.9 Å². The number of carbonyl (C=O) groups excluding carboxylic acids is 2. The van der Waals surface area contributed by atoms with Crippen LogP contribution < -0.4 is 5.14 Å². The zero-order valence-corrected chi connectivity index (χ0v) is 13.8. The molecule has 1 heterocycles. The summed E-state index contributed by atoms with van der Waals surface area (Å²) in [4.78, 5) is 25.5. The second kappa shape index (κ2) is 6.31. The van der Waals surface area contributed by atoms with Crippen molar-refractivity contribution < 1.29 is 22.7 Å². The molecule has 0 aromatic heterocycles. The lowest BCUT2D eigenvalue weighted by atomic mass is 10.1. The molecule has 0 aromatic carbocycles. The van der Waals surface area contributed by atoms with Crippen molar-refractivity contribution in [1.29, 1.82) is 0 Å². The molecule has 1 rings (SSSR count). The fourth-order valence-electron chi connectivity index (χ4n) is 2.26. The van der Waals surface area contributed by atoms with E-state index in [-0.39, 0.29) is 18.9 Å². The standard InChI is InChI=1S/C13H24N2O5S/c1-5-6-10(12(17)20-13(2,3)4)15-8-9(7-11(15)16)21(14,18)19/h9-10H,5-8H2,1-4H3,(H2,14,18,19). The highest BCUT2D eigenvalue weighted by Crippen LogP contribution is 2.23. The minimum Gasteiger partial charge on any atom is -0.458 e. The minimum absolute atomic E-state index is 0.0540. The van der Waals surface area contributed by atoms with E-state index in [2.05, 4.69) is 0 Å². The molecular weight excluding hydrogens is 296 g/mol. The molecule has 8 heteroatoms. The van der Waals surface area contributed by atoms with Crippen LogP contribution in [0.25, 0.3) is 0 Å². The predicted octanol–water partition coefficient (Wildman–Crippen LogP) is 0.386. The van der Waals surface area contributed by atoms with Gasteiger partial charge in [-0.3, -0.25) is 4.79 Å². The van der Waals surface area contributed by atoms with Crippen LogP contribution in [0, 0.1) is 0 Å². The smallest absolute Gasteiger partial charge is 0.329 e.